The molecule has 0 fully saturated rings. The molecule has 0 saturated carbocycles. The maximum absolute atomic E-state index is 13.4. The summed E-state index contributed by atoms with van der Waals surface area (Å²) in [6.45, 7) is 5.92. The molecule has 0 heterocycles. The molecule has 16 heavy (non-hydrogen) atoms. The molecule has 88 valence electrons. The van der Waals surface area contributed by atoms with E-state index in [1.165, 1.54) is 17.8 Å². The molecule has 0 aliphatic rings. The highest BCUT2D eigenvalue weighted by atomic mass is 32.2. The summed E-state index contributed by atoms with van der Waals surface area (Å²) >= 11 is 1.40. The number of nitrogen functional groups attached to an aromatic ring is 1. The quantitative estimate of drug-likeness (QED) is 0.619. The maximum atomic E-state index is 13.4. The van der Waals surface area contributed by atoms with Crippen LogP contribution >= 0.6 is 11.8 Å². The number of rotatable bonds is 2. The van der Waals surface area contributed by atoms with Gasteiger partial charge >= 0.3 is 5.97 Å². The maximum Gasteiger partial charge on any atom is 0.338 e. The summed E-state index contributed by atoms with van der Waals surface area (Å²) in [6.07, 6.45) is 0. The Morgan fingerprint density at radius 2 is 2.00 bits per heavy atom. The van der Waals surface area contributed by atoms with E-state index in [4.69, 9.17) is 10.8 Å². The molecule has 0 aliphatic heterocycles. The smallest absolute Gasteiger partial charge is 0.338 e. The highest BCUT2D eigenvalue weighted by Gasteiger charge is 2.18. The fraction of sp³-hybridized carbons (Fsp3) is 0.364. The summed E-state index contributed by atoms with van der Waals surface area (Å²) < 4.78 is 13.3. The first kappa shape index (κ1) is 12.8. The lowest BCUT2D eigenvalue weighted by molar-refractivity contribution is 0.0692. The number of hydrogen-bond acceptors (Lipinski definition) is 3. The van der Waals surface area contributed by atoms with Crippen LogP contribution in [0.2, 0.25) is 0 Å². The second-order valence-corrected chi connectivity index (χ2v) is 6.26. The van der Waals surface area contributed by atoms with Gasteiger partial charge < -0.3 is 10.8 Å². The molecule has 1 rings (SSSR count). The van der Waals surface area contributed by atoms with Crippen molar-refractivity contribution in [3.05, 3.63) is 23.5 Å². The number of thioether (sulfide) groups is 1. The molecule has 1 aromatic carbocycles. The second-order valence-electron chi connectivity index (χ2n) is 4.39. The van der Waals surface area contributed by atoms with Gasteiger partial charge in [0.2, 0.25) is 0 Å². The molecule has 3 nitrogen and oxygen atoms in total. The zero-order chi connectivity index (χ0) is 12.5. The van der Waals surface area contributed by atoms with Gasteiger partial charge in [0.25, 0.3) is 0 Å². The zero-order valence-corrected chi connectivity index (χ0v) is 10.2. The van der Waals surface area contributed by atoms with Crippen molar-refractivity contribution in [1.29, 1.82) is 0 Å². The van der Waals surface area contributed by atoms with E-state index in [0.717, 1.165) is 6.07 Å². The van der Waals surface area contributed by atoms with Gasteiger partial charge in [-0.25, -0.2) is 9.18 Å². The van der Waals surface area contributed by atoms with E-state index in [0.29, 0.717) is 10.6 Å². The minimum atomic E-state index is -1.31. The van der Waals surface area contributed by atoms with Gasteiger partial charge in [0.15, 0.2) is 0 Å². The minimum Gasteiger partial charge on any atom is -0.478 e. The molecule has 1 aromatic rings. The van der Waals surface area contributed by atoms with E-state index in [1.54, 1.807) is 0 Å². The van der Waals surface area contributed by atoms with E-state index >= 15 is 0 Å². The third-order valence-corrected chi connectivity index (χ3v) is 2.93. The van der Waals surface area contributed by atoms with Crippen LogP contribution in [0.5, 0.6) is 0 Å². The Morgan fingerprint density at radius 3 is 2.44 bits per heavy atom. The molecule has 0 aliphatic carbocycles. The van der Waals surface area contributed by atoms with Crippen molar-refractivity contribution in [2.45, 2.75) is 30.4 Å². The molecule has 5 heteroatoms. The van der Waals surface area contributed by atoms with Crippen molar-refractivity contribution >= 4 is 23.4 Å². The number of carbonyl (C=O) groups is 1. The fourth-order valence-electron chi connectivity index (χ4n) is 1.15. The van der Waals surface area contributed by atoms with Gasteiger partial charge in [-0.2, -0.15) is 0 Å². The van der Waals surface area contributed by atoms with Crippen molar-refractivity contribution < 1.29 is 14.3 Å². The van der Waals surface area contributed by atoms with Gasteiger partial charge in [-0.3, -0.25) is 0 Å². The lowest BCUT2D eigenvalue weighted by Gasteiger charge is -2.19. The number of benzene rings is 1. The minimum absolute atomic E-state index is 0.106. The number of aromatic carboxylic acids is 1. The Kier molecular flexibility index (Phi) is 3.48. The van der Waals surface area contributed by atoms with Crippen LogP contribution in [0.1, 0.15) is 31.1 Å². The van der Waals surface area contributed by atoms with Gasteiger partial charge in [0.1, 0.15) is 5.82 Å². The molecular weight excluding hydrogens is 229 g/mol. The Bertz CT molecular complexity index is 427. The topological polar surface area (TPSA) is 63.3 Å². The van der Waals surface area contributed by atoms with Gasteiger partial charge in [0, 0.05) is 15.3 Å². The van der Waals surface area contributed by atoms with E-state index < -0.39 is 17.3 Å². The molecule has 0 aromatic heterocycles. The van der Waals surface area contributed by atoms with Crippen LogP contribution in [-0.4, -0.2) is 15.8 Å². The average molecular weight is 243 g/mol. The largest absolute Gasteiger partial charge is 0.478 e. The van der Waals surface area contributed by atoms with Crippen molar-refractivity contribution in [2.75, 3.05) is 5.73 Å². The van der Waals surface area contributed by atoms with Crippen LogP contribution in [0.15, 0.2) is 17.0 Å². The lowest BCUT2D eigenvalue weighted by atomic mass is 10.2. The van der Waals surface area contributed by atoms with Crippen molar-refractivity contribution in [3.8, 4) is 0 Å². The highest BCUT2D eigenvalue weighted by Crippen LogP contribution is 2.36. The van der Waals surface area contributed by atoms with Gasteiger partial charge in [0.05, 0.1) is 5.56 Å². The van der Waals surface area contributed by atoms with Gasteiger partial charge in [-0.15, -0.1) is 11.8 Å². The molecular formula is C11H14FNO2S. The summed E-state index contributed by atoms with van der Waals surface area (Å²) in [5.74, 6) is -2.06. The molecule has 0 amide bonds. The van der Waals surface area contributed by atoms with Gasteiger partial charge in [-0.1, -0.05) is 20.8 Å². The number of carboxylic acid groups (broad SMARTS) is 1. The third kappa shape index (κ3) is 3.13. The second kappa shape index (κ2) is 4.33. The predicted octanol–water partition coefficient (Wildman–Crippen LogP) is 3.00. The molecule has 0 spiro atoms. The van der Waals surface area contributed by atoms with E-state index in [-0.39, 0.29) is 4.75 Å². The molecule has 0 radical (unpaired) electrons. The number of carboxylic acids is 1. The zero-order valence-electron chi connectivity index (χ0n) is 9.37. The van der Waals surface area contributed by atoms with E-state index in [1.807, 2.05) is 20.8 Å². The summed E-state index contributed by atoms with van der Waals surface area (Å²) in [5.41, 5.74) is 5.58. The van der Waals surface area contributed by atoms with Crippen LogP contribution in [-0.2, 0) is 0 Å². The first-order chi connectivity index (χ1) is 7.20. The normalized spacial score (nSPS) is 11.5. The average Bonchev–Trinajstić information content (AvgIpc) is 2.07. The number of halogens is 1. The van der Waals surface area contributed by atoms with E-state index in [2.05, 4.69) is 0 Å². The van der Waals surface area contributed by atoms with Crippen molar-refractivity contribution in [2.24, 2.45) is 0 Å². The number of anilines is 1. The Balaban J connectivity index is 3.16. The number of nitrogens with two attached hydrogens (primary N) is 1. The van der Waals surface area contributed by atoms with Crippen LogP contribution in [0.25, 0.3) is 0 Å². The van der Waals surface area contributed by atoms with Crippen LogP contribution < -0.4 is 5.73 Å². The molecule has 0 saturated heterocycles. The Hall–Kier alpha value is -1.23. The standard InChI is InChI=1S/C11H14FNO2S/c1-11(2,3)16-9-5-7(12)6(10(14)15)4-8(9)13/h4-5H,13H2,1-3H3,(H,14,15). The Morgan fingerprint density at radius 1 is 1.44 bits per heavy atom. The molecule has 0 atom stereocenters. The first-order valence-electron chi connectivity index (χ1n) is 4.72. The summed E-state index contributed by atoms with van der Waals surface area (Å²) in [6, 6.07) is 2.33. The van der Waals surface area contributed by atoms with Crippen LogP contribution in [0.3, 0.4) is 0 Å². The highest BCUT2D eigenvalue weighted by molar-refractivity contribution is 8.00. The van der Waals surface area contributed by atoms with E-state index in [9.17, 15) is 9.18 Å². The molecule has 0 unspecified atom stereocenters. The first-order valence-corrected chi connectivity index (χ1v) is 5.53. The fourth-order valence-corrected chi connectivity index (χ4v) is 2.15. The monoisotopic (exact) mass is 243 g/mol. The predicted molar refractivity (Wildman–Crippen MR) is 63.4 cm³/mol. The summed E-state index contributed by atoms with van der Waals surface area (Å²) in [5, 5.41) is 8.71. The summed E-state index contributed by atoms with van der Waals surface area (Å²) in [4.78, 5) is 11.2. The number of hydrogen-bond donors (Lipinski definition) is 2. The van der Waals surface area contributed by atoms with Crippen molar-refractivity contribution in [1.82, 2.24) is 0 Å². The molecule has 3 N–H and O–H groups in total. The van der Waals surface area contributed by atoms with Gasteiger partial charge in [-0.05, 0) is 12.1 Å². The Labute approximate surface area is 97.8 Å². The summed E-state index contributed by atoms with van der Waals surface area (Å²) in [7, 11) is 0. The third-order valence-electron chi connectivity index (χ3n) is 1.75. The lowest BCUT2D eigenvalue weighted by Crippen LogP contribution is -2.09. The van der Waals surface area contributed by atoms with Crippen molar-refractivity contribution in [3.63, 3.8) is 0 Å². The van der Waals surface area contributed by atoms with Crippen LogP contribution in [0, 0.1) is 5.82 Å². The molecule has 0 bridgehead atoms. The SMILES string of the molecule is CC(C)(C)Sc1cc(F)c(C(=O)O)cc1N. The van der Waals surface area contributed by atoms with Crippen LogP contribution in [0.4, 0.5) is 10.1 Å².